The van der Waals surface area contributed by atoms with Crippen molar-refractivity contribution in [3.8, 4) is 17.2 Å². The van der Waals surface area contributed by atoms with Crippen LogP contribution in [0.4, 0.5) is 0 Å². The monoisotopic (exact) mass is 401 g/mol. The lowest BCUT2D eigenvalue weighted by Gasteiger charge is -2.12. The molecular weight excluding hydrogens is 374 g/mol. The van der Waals surface area contributed by atoms with E-state index in [0.717, 1.165) is 16.9 Å². The van der Waals surface area contributed by atoms with E-state index < -0.39 is 6.04 Å². The molecule has 1 unspecified atom stereocenters. The van der Waals surface area contributed by atoms with Crippen LogP contribution < -0.4 is 14.2 Å². The summed E-state index contributed by atoms with van der Waals surface area (Å²) >= 11 is 0. The first kappa shape index (κ1) is 22.2. The van der Waals surface area contributed by atoms with E-state index in [9.17, 15) is 14.9 Å². The highest BCUT2D eigenvalue weighted by molar-refractivity contribution is 5.78. The lowest BCUT2D eigenvalue weighted by Crippen LogP contribution is -2.23. The summed E-state index contributed by atoms with van der Waals surface area (Å²) in [6.45, 7) is 0. The van der Waals surface area contributed by atoms with Crippen molar-refractivity contribution in [3.63, 3.8) is 0 Å². The third-order valence-corrected chi connectivity index (χ3v) is 4.83. The molecule has 0 aliphatic carbocycles. The maximum absolute atomic E-state index is 12.2. The van der Waals surface area contributed by atoms with Gasteiger partial charge in [0.25, 0.3) is 0 Å². The van der Waals surface area contributed by atoms with Gasteiger partial charge in [-0.05, 0) is 41.8 Å². The number of carbonyl (C=O) groups excluding carboxylic acids is 1. The van der Waals surface area contributed by atoms with Gasteiger partial charge in [-0.15, -0.1) is 0 Å². The van der Waals surface area contributed by atoms with E-state index in [1.54, 1.807) is 25.3 Å². The van der Waals surface area contributed by atoms with Gasteiger partial charge in [-0.25, -0.2) is 0 Å². The van der Waals surface area contributed by atoms with Crippen molar-refractivity contribution in [1.82, 2.24) is 0 Å². The number of ketones is 1. The van der Waals surface area contributed by atoms with Crippen LogP contribution in [0, 0.1) is 10.1 Å². The Morgan fingerprint density at radius 2 is 1.59 bits per heavy atom. The molecule has 0 N–H and O–H groups in total. The number of methoxy groups -OCH3 is 3. The summed E-state index contributed by atoms with van der Waals surface area (Å²) in [7, 11) is 4.66. The Kier molecular flexibility index (Phi) is 8.45. The van der Waals surface area contributed by atoms with Crippen LogP contribution >= 0.6 is 0 Å². The number of carbonyl (C=O) groups is 1. The standard InChI is InChI=1S/C22H27NO6/c1-27-20-11-5-16(6-12-20)4-9-19(24)10-8-18(23(25)26)14-17-7-13-21(28-2)22(15-17)29-3/h5-7,11-13,15,18H,4,8-10,14H2,1-3H3. The molecule has 0 aliphatic heterocycles. The second-order valence-electron chi connectivity index (χ2n) is 6.76. The third-order valence-electron chi connectivity index (χ3n) is 4.83. The van der Waals surface area contributed by atoms with Crippen LogP contribution in [0.1, 0.15) is 30.4 Å². The molecule has 0 saturated heterocycles. The quantitative estimate of drug-likeness (QED) is 0.396. The Hall–Kier alpha value is -3.09. The molecule has 0 radical (unpaired) electrons. The average molecular weight is 401 g/mol. The third kappa shape index (κ3) is 6.78. The summed E-state index contributed by atoms with van der Waals surface area (Å²) in [6.07, 6.45) is 1.62. The minimum absolute atomic E-state index is 0.0278. The molecule has 156 valence electrons. The second-order valence-corrected chi connectivity index (χ2v) is 6.76. The van der Waals surface area contributed by atoms with Crippen molar-refractivity contribution in [3.05, 3.63) is 63.7 Å². The maximum atomic E-state index is 12.2. The van der Waals surface area contributed by atoms with Gasteiger partial charge in [-0.1, -0.05) is 18.2 Å². The molecule has 0 aliphatic rings. The number of hydrogen-bond donors (Lipinski definition) is 0. The molecule has 29 heavy (non-hydrogen) atoms. The molecular formula is C22H27NO6. The number of rotatable bonds is 12. The summed E-state index contributed by atoms with van der Waals surface area (Å²) < 4.78 is 15.5. The Bertz CT molecular complexity index is 819. The number of hydrogen-bond acceptors (Lipinski definition) is 6. The van der Waals surface area contributed by atoms with E-state index >= 15 is 0 Å². The van der Waals surface area contributed by atoms with Gasteiger partial charge < -0.3 is 14.2 Å². The number of nitrogens with zero attached hydrogens (tertiary/aromatic N) is 1. The minimum atomic E-state index is -0.821. The normalized spacial score (nSPS) is 11.6. The van der Waals surface area contributed by atoms with Crippen LogP contribution in [0.2, 0.25) is 0 Å². The number of aryl methyl sites for hydroxylation is 1. The van der Waals surface area contributed by atoms with Gasteiger partial charge in [0.05, 0.1) is 21.3 Å². The van der Waals surface area contributed by atoms with E-state index in [0.29, 0.717) is 24.3 Å². The molecule has 0 bridgehead atoms. The van der Waals surface area contributed by atoms with Crippen molar-refractivity contribution >= 4 is 5.78 Å². The minimum Gasteiger partial charge on any atom is -0.497 e. The van der Waals surface area contributed by atoms with Gasteiger partial charge in [-0.2, -0.15) is 0 Å². The topological polar surface area (TPSA) is 87.9 Å². The fourth-order valence-corrected chi connectivity index (χ4v) is 3.09. The summed E-state index contributed by atoms with van der Waals surface area (Å²) in [5.74, 6) is 1.90. The lowest BCUT2D eigenvalue weighted by atomic mass is 9.98. The largest absolute Gasteiger partial charge is 0.497 e. The second kappa shape index (κ2) is 11.0. The molecule has 0 heterocycles. The Morgan fingerprint density at radius 3 is 2.17 bits per heavy atom. The molecule has 0 aromatic heterocycles. The first-order chi connectivity index (χ1) is 14.0. The van der Waals surface area contributed by atoms with Crippen molar-refractivity contribution < 1.29 is 23.9 Å². The first-order valence-corrected chi connectivity index (χ1v) is 9.45. The molecule has 0 saturated carbocycles. The van der Waals surface area contributed by atoms with Crippen molar-refractivity contribution in [2.24, 2.45) is 0 Å². The lowest BCUT2D eigenvalue weighted by molar-refractivity contribution is -0.522. The van der Waals surface area contributed by atoms with Crippen LogP contribution in [-0.4, -0.2) is 38.1 Å². The summed E-state index contributed by atoms with van der Waals surface area (Å²) in [4.78, 5) is 23.4. The van der Waals surface area contributed by atoms with Gasteiger partial charge in [0.1, 0.15) is 11.5 Å². The van der Waals surface area contributed by atoms with Crippen molar-refractivity contribution in [2.75, 3.05) is 21.3 Å². The first-order valence-electron chi connectivity index (χ1n) is 9.45. The summed E-state index contributed by atoms with van der Waals surface area (Å²) in [5, 5.41) is 11.5. The zero-order valence-electron chi connectivity index (χ0n) is 17.1. The smallest absolute Gasteiger partial charge is 0.217 e. The van der Waals surface area contributed by atoms with Gasteiger partial charge in [0, 0.05) is 30.6 Å². The molecule has 7 nitrogen and oxygen atoms in total. The molecule has 1 atom stereocenters. The molecule has 2 aromatic carbocycles. The summed E-state index contributed by atoms with van der Waals surface area (Å²) in [5.41, 5.74) is 1.81. The Balaban J connectivity index is 1.88. The van der Waals surface area contributed by atoms with Crippen molar-refractivity contribution in [1.29, 1.82) is 0 Å². The fraction of sp³-hybridized carbons (Fsp3) is 0.409. The SMILES string of the molecule is COc1ccc(CCC(=O)CCC(Cc2ccc(OC)c(OC)c2)[N+](=O)[O-])cc1. The average Bonchev–Trinajstić information content (AvgIpc) is 2.75. The van der Waals surface area contributed by atoms with Crippen LogP contribution in [-0.2, 0) is 17.6 Å². The zero-order chi connectivity index (χ0) is 21.2. The Morgan fingerprint density at radius 1 is 0.931 bits per heavy atom. The van der Waals surface area contributed by atoms with Gasteiger partial charge in [0.15, 0.2) is 11.5 Å². The van der Waals surface area contributed by atoms with E-state index in [2.05, 4.69) is 0 Å². The predicted molar refractivity (Wildman–Crippen MR) is 110 cm³/mol. The highest BCUT2D eigenvalue weighted by Crippen LogP contribution is 2.28. The molecule has 2 aromatic rings. The number of benzene rings is 2. The van der Waals surface area contributed by atoms with Crippen LogP contribution in [0.5, 0.6) is 17.2 Å². The Labute approximate surface area is 170 Å². The maximum Gasteiger partial charge on any atom is 0.217 e. The molecule has 0 amide bonds. The zero-order valence-corrected chi connectivity index (χ0v) is 17.1. The predicted octanol–water partition coefficient (Wildman–Crippen LogP) is 3.88. The van der Waals surface area contributed by atoms with E-state index in [-0.39, 0.29) is 30.0 Å². The number of nitro groups is 1. The van der Waals surface area contributed by atoms with Crippen molar-refractivity contribution in [2.45, 2.75) is 38.1 Å². The highest BCUT2D eigenvalue weighted by atomic mass is 16.6. The van der Waals surface area contributed by atoms with Crippen LogP contribution in [0.25, 0.3) is 0 Å². The fourth-order valence-electron chi connectivity index (χ4n) is 3.09. The van der Waals surface area contributed by atoms with Crippen LogP contribution in [0.3, 0.4) is 0 Å². The van der Waals surface area contributed by atoms with Crippen LogP contribution in [0.15, 0.2) is 42.5 Å². The molecule has 7 heteroatoms. The van der Waals surface area contributed by atoms with E-state index in [4.69, 9.17) is 14.2 Å². The number of Topliss-reactive ketones (excluding diaryl/α,β-unsaturated/α-hetero) is 1. The highest BCUT2D eigenvalue weighted by Gasteiger charge is 2.22. The van der Waals surface area contributed by atoms with E-state index in [1.165, 1.54) is 14.2 Å². The molecule has 0 fully saturated rings. The molecule has 2 rings (SSSR count). The number of ether oxygens (including phenoxy) is 3. The van der Waals surface area contributed by atoms with E-state index in [1.807, 2.05) is 24.3 Å². The van der Waals surface area contributed by atoms with Gasteiger partial charge >= 0.3 is 0 Å². The van der Waals surface area contributed by atoms with Gasteiger partial charge in [0.2, 0.25) is 6.04 Å². The van der Waals surface area contributed by atoms with Gasteiger partial charge in [-0.3, -0.25) is 14.9 Å². The molecule has 0 spiro atoms. The summed E-state index contributed by atoms with van der Waals surface area (Å²) in [6, 6.07) is 12.0.